The van der Waals surface area contributed by atoms with Gasteiger partial charge in [0, 0.05) is 6.54 Å². The van der Waals surface area contributed by atoms with E-state index in [2.05, 4.69) is 20.0 Å². The summed E-state index contributed by atoms with van der Waals surface area (Å²) in [4.78, 5) is 31.7. The fourth-order valence-electron chi connectivity index (χ4n) is 2.70. The number of aromatic amines is 1. The van der Waals surface area contributed by atoms with Crippen LogP contribution in [0, 0.1) is 0 Å². The number of anilines is 1. The molecule has 2 aromatic heterocycles. The number of aliphatic hydroxyl groups excluding tert-OH is 2. The van der Waals surface area contributed by atoms with Crippen molar-refractivity contribution in [3.8, 4) is 0 Å². The molecular weight excluding hydrogens is 383 g/mol. The van der Waals surface area contributed by atoms with Crippen molar-refractivity contribution in [2.24, 2.45) is 0 Å². The number of fused-ring (bicyclic) bond motifs is 1. The quantitative estimate of drug-likeness (QED) is 0.292. The predicted octanol–water partition coefficient (Wildman–Crippen LogP) is -1.56. The number of nitrogens with zero attached hydrogens (tertiary/aromatic N) is 3. The maximum Gasteiger partial charge on any atom is 0.403 e. The van der Waals surface area contributed by atoms with Crippen molar-refractivity contribution >= 4 is 24.9 Å². The van der Waals surface area contributed by atoms with Crippen LogP contribution in [0.5, 0.6) is 0 Å². The first-order chi connectivity index (χ1) is 12.7. The van der Waals surface area contributed by atoms with Crippen molar-refractivity contribution in [2.75, 3.05) is 18.9 Å². The minimum absolute atomic E-state index is 0.0159. The van der Waals surface area contributed by atoms with E-state index in [9.17, 15) is 24.5 Å². The molecule has 0 aliphatic carbocycles. The second-order valence-corrected chi connectivity index (χ2v) is 7.66. The summed E-state index contributed by atoms with van der Waals surface area (Å²) in [5.41, 5.74) is 5.01. The number of nitrogens with two attached hydrogens (primary N) is 1. The molecule has 0 radical (unpaired) electrons. The number of hydrogen-bond donors (Lipinski definition) is 6. The van der Waals surface area contributed by atoms with Gasteiger partial charge in [-0.25, -0.2) is 14.6 Å². The van der Waals surface area contributed by atoms with E-state index < -0.39 is 44.5 Å². The molecule has 150 valence electrons. The van der Waals surface area contributed by atoms with Gasteiger partial charge in [0.2, 0.25) is 5.95 Å². The normalized spacial score (nSPS) is 27.9. The Bertz CT molecular complexity index is 916. The van der Waals surface area contributed by atoms with E-state index in [0.29, 0.717) is 6.42 Å². The molecule has 14 heteroatoms. The summed E-state index contributed by atoms with van der Waals surface area (Å²) in [5, 5.41) is 22.8. The summed E-state index contributed by atoms with van der Waals surface area (Å²) < 4.78 is 23.6. The number of aliphatic hydroxyl groups is 2. The number of rotatable bonds is 7. The molecule has 3 rings (SSSR count). The van der Waals surface area contributed by atoms with Gasteiger partial charge in [0.25, 0.3) is 5.56 Å². The third-order valence-electron chi connectivity index (χ3n) is 4.04. The molecule has 1 saturated heterocycles. The zero-order valence-corrected chi connectivity index (χ0v) is 15.2. The summed E-state index contributed by atoms with van der Waals surface area (Å²) in [6, 6.07) is 0. The molecule has 0 amide bonds. The van der Waals surface area contributed by atoms with Crippen molar-refractivity contribution in [3.05, 3.63) is 16.7 Å². The Balaban J connectivity index is 1.78. The topological polar surface area (TPSA) is 198 Å². The number of nitrogen functional groups attached to an aromatic ring is 1. The van der Waals surface area contributed by atoms with Crippen LogP contribution in [0.1, 0.15) is 19.6 Å². The van der Waals surface area contributed by atoms with Gasteiger partial charge in [-0.2, -0.15) is 4.98 Å². The lowest BCUT2D eigenvalue weighted by molar-refractivity contribution is -0.0487. The number of H-pyrrole nitrogens is 1. The van der Waals surface area contributed by atoms with E-state index in [-0.39, 0.29) is 23.7 Å². The molecule has 2 aromatic rings. The first kappa shape index (κ1) is 19.9. The minimum atomic E-state index is -4.06. The monoisotopic (exact) mass is 404 g/mol. The largest absolute Gasteiger partial charge is 0.403 e. The fourth-order valence-corrected chi connectivity index (χ4v) is 3.65. The standard InChI is InChI=1S/C13H21N6O7P/c1-2-3-16-27(23,24)25-4-6-8(20)9(21)12(26-6)19-5-15-7-10(19)17-13(14)18-11(7)22/h5-6,8-9,12,20-21H,2-4H2,1H3,(H2,16,23,24)(H3,14,17,18,22)/t6-,8?,9?,12-/m1/s1. The van der Waals surface area contributed by atoms with Crippen LogP contribution in [-0.2, 0) is 13.8 Å². The first-order valence-electron chi connectivity index (χ1n) is 8.20. The highest BCUT2D eigenvalue weighted by atomic mass is 31.2. The van der Waals surface area contributed by atoms with E-state index in [1.165, 1.54) is 10.9 Å². The number of ether oxygens (including phenoxy) is 1. The van der Waals surface area contributed by atoms with E-state index in [1.54, 1.807) is 0 Å². The first-order valence-corrected chi connectivity index (χ1v) is 9.77. The van der Waals surface area contributed by atoms with Crippen LogP contribution in [0.2, 0.25) is 0 Å². The highest BCUT2D eigenvalue weighted by Gasteiger charge is 2.45. The summed E-state index contributed by atoms with van der Waals surface area (Å²) in [5.74, 6) is -0.148. The Labute approximate surface area is 152 Å². The molecular formula is C13H21N6O7P. The van der Waals surface area contributed by atoms with Gasteiger partial charge in [-0.15, -0.1) is 0 Å². The van der Waals surface area contributed by atoms with Crippen LogP contribution in [0.3, 0.4) is 0 Å². The fraction of sp³-hybridized carbons (Fsp3) is 0.615. The van der Waals surface area contributed by atoms with Gasteiger partial charge < -0.3 is 25.6 Å². The lowest BCUT2D eigenvalue weighted by atomic mass is 10.1. The Hall–Kier alpha value is -1.86. The van der Waals surface area contributed by atoms with E-state index in [4.69, 9.17) is 15.0 Å². The molecule has 7 N–H and O–H groups in total. The third kappa shape index (κ3) is 4.04. The predicted molar refractivity (Wildman–Crippen MR) is 92.6 cm³/mol. The lowest BCUT2D eigenvalue weighted by Crippen LogP contribution is -2.34. The molecule has 5 atom stereocenters. The van der Waals surface area contributed by atoms with Gasteiger partial charge in [0.1, 0.15) is 18.3 Å². The third-order valence-corrected chi connectivity index (χ3v) is 5.16. The molecule has 0 aromatic carbocycles. The molecule has 0 spiro atoms. The second-order valence-electron chi connectivity index (χ2n) is 6.05. The van der Waals surface area contributed by atoms with Crippen LogP contribution >= 0.6 is 7.75 Å². The van der Waals surface area contributed by atoms with Gasteiger partial charge in [0.05, 0.1) is 12.9 Å². The molecule has 0 bridgehead atoms. The van der Waals surface area contributed by atoms with Crippen LogP contribution in [0.15, 0.2) is 11.1 Å². The molecule has 1 aliphatic heterocycles. The summed E-state index contributed by atoms with van der Waals surface area (Å²) in [7, 11) is -4.06. The van der Waals surface area contributed by atoms with Crippen molar-refractivity contribution in [1.29, 1.82) is 0 Å². The van der Waals surface area contributed by atoms with Gasteiger partial charge in [-0.05, 0) is 6.42 Å². The maximum atomic E-state index is 11.8. The average molecular weight is 404 g/mol. The zero-order valence-electron chi connectivity index (χ0n) is 14.3. The Kier molecular flexibility index (Phi) is 5.63. The Morgan fingerprint density at radius 1 is 1.48 bits per heavy atom. The van der Waals surface area contributed by atoms with E-state index in [1.807, 2.05) is 6.92 Å². The number of imidazole rings is 1. The van der Waals surface area contributed by atoms with Gasteiger partial charge >= 0.3 is 7.75 Å². The second kappa shape index (κ2) is 7.64. The van der Waals surface area contributed by atoms with Gasteiger partial charge in [-0.3, -0.25) is 18.9 Å². The lowest BCUT2D eigenvalue weighted by Gasteiger charge is -2.18. The van der Waals surface area contributed by atoms with E-state index >= 15 is 0 Å². The van der Waals surface area contributed by atoms with Crippen LogP contribution < -0.4 is 16.4 Å². The Morgan fingerprint density at radius 3 is 2.93 bits per heavy atom. The van der Waals surface area contributed by atoms with Crippen molar-refractivity contribution in [3.63, 3.8) is 0 Å². The molecule has 3 unspecified atom stereocenters. The molecule has 13 nitrogen and oxygen atoms in total. The van der Waals surface area contributed by atoms with Crippen LogP contribution in [-0.4, -0.2) is 66.1 Å². The van der Waals surface area contributed by atoms with Gasteiger partial charge in [0.15, 0.2) is 17.4 Å². The van der Waals surface area contributed by atoms with Crippen molar-refractivity contribution < 1.29 is 28.9 Å². The van der Waals surface area contributed by atoms with Gasteiger partial charge in [-0.1, -0.05) is 6.92 Å². The number of nitrogens with one attached hydrogen (secondary N) is 2. The molecule has 0 saturated carbocycles. The molecule has 27 heavy (non-hydrogen) atoms. The molecule has 3 heterocycles. The highest BCUT2D eigenvalue weighted by Crippen LogP contribution is 2.39. The van der Waals surface area contributed by atoms with Crippen LogP contribution in [0.25, 0.3) is 11.2 Å². The molecule has 1 aliphatic rings. The Morgan fingerprint density at radius 2 is 2.22 bits per heavy atom. The number of hydrogen-bond acceptors (Lipinski definition) is 9. The van der Waals surface area contributed by atoms with Crippen LogP contribution in [0.4, 0.5) is 5.95 Å². The summed E-state index contributed by atoms with van der Waals surface area (Å²) in [6.45, 7) is 1.65. The highest BCUT2D eigenvalue weighted by molar-refractivity contribution is 7.50. The van der Waals surface area contributed by atoms with Crippen molar-refractivity contribution in [2.45, 2.75) is 37.9 Å². The minimum Gasteiger partial charge on any atom is -0.387 e. The van der Waals surface area contributed by atoms with E-state index in [0.717, 1.165) is 0 Å². The smallest absolute Gasteiger partial charge is 0.387 e. The number of aromatic nitrogens is 4. The SMILES string of the molecule is CCCNP(=O)(O)OC[C@H]1O[C@@H](n2cnc3c(=O)[nH]c(N)nc32)C(O)C1O. The van der Waals surface area contributed by atoms with Crippen molar-refractivity contribution in [1.82, 2.24) is 24.6 Å². The zero-order chi connectivity index (χ0) is 19.8. The maximum absolute atomic E-state index is 11.8. The molecule has 1 fully saturated rings. The average Bonchev–Trinajstić information content (AvgIpc) is 3.14. The summed E-state index contributed by atoms with van der Waals surface area (Å²) >= 11 is 0. The summed E-state index contributed by atoms with van der Waals surface area (Å²) in [6.07, 6.45) is -3.21.